The van der Waals surface area contributed by atoms with Crippen LogP contribution in [0.2, 0.25) is 10.0 Å². The molecule has 2 aliphatic rings. The normalized spacial score (nSPS) is 17.7. The van der Waals surface area contributed by atoms with Crippen LogP contribution >= 0.6 is 23.2 Å². The van der Waals surface area contributed by atoms with E-state index in [0.29, 0.717) is 44.3 Å². The molecule has 7 nitrogen and oxygen atoms in total. The number of hydrogen-bond acceptors (Lipinski definition) is 4. The van der Waals surface area contributed by atoms with Crippen LogP contribution in [0.4, 0.5) is 11.4 Å². The fourth-order valence-corrected chi connectivity index (χ4v) is 6.16. The predicted molar refractivity (Wildman–Crippen MR) is 153 cm³/mol. The van der Waals surface area contributed by atoms with Crippen molar-refractivity contribution in [2.75, 3.05) is 17.3 Å². The van der Waals surface area contributed by atoms with E-state index in [-0.39, 0.29) is 23.6 Å². The van der Waals surface area contributed by atoms with Gasteiger partial charge in [0.25, 0.3) is 11.8 Å². The molecule has 0 aliphatic carbocycles. The van der Waals surface area contributed by atoms with E-state index in [9.17, 15) is 9.59 Å². The van der Waals surface area contributed by atoms with Crippen molar-refractivity contribution in [3.8, 4) is 17.1 Å². The molecule has 1 spiro atoms. The summed E-state index contributed by atoms with van der Waals surface area (Å²) >= 11 is 12.8. The number of rotatable bonds is 4. The minimum atomic E-state index is -1.53. The highest BCUT2D eigenvalue weighted by Gasteiger charge is 2.64. The summed E-state index contributed by atoms with van der Waals surface area (Å²) in [5.74, 6) is 0.426. The second kappa shape index (κ2) is 8.86. The number of halogens is 2. The molecule has 1 atom stereocenters. The Bertz CT molecular complexity index is 1710. The predicted octanol–water partition coefficient (Wildman–Crippen LogP) is 6.92. The highest BCUT2D eigenvalue weighted by Crippen LogP contribution is 2.55. The molecule has 198 valence electrons. The van der Waals surface area contributed by atoms with Gasteiger partial charge in [0, 0.05) is 27.3 Å². The molecule has 0 bridgehead atoms. The summed E-state index contributed by atoms with van der Waals surface area (Å²) in [7, 11) is 1.60. The van der Waals surface area contributed by atoms with Gasteiger partial charge in [0.05, 0.1) is 24.1 Å². The smallest absolute Gasteiger partial charge is 0.280 e. The van der Waals surface area contributed by atoms with Gasteiger partial charge in [-0.1, -0.05) is 47.0 Å². The molecule has 3 aromatic carbocycles. The molecule has 1 aromatic heterocycles. The summed E-state index contributed by atoms with van der Waals surface area (Å²) in [5, 5.41) is 3.93. The van der Waals surface area contributed by atoms with Gasteiger partial charge < -0.3 is 14.6 Å². The van der Waals surface area contributed by atoms with Gasteiger partial charge in [-0.05, 0) is 69.7 Å². The second-order valence-electron chi connectivity index (χ2n) is 10.2. The first-order valence-electron chi connectivity index (χ1n) is 12.6. The molecular formula is C30H26Cl2N4O3. The number of ether oxygens (including phenoxy) is 1. The van der Waals surface area contributed by atoms with E-state index in [2.05, 4.69) is 5.32 Å². The summed E-state index contributed by atoms with van der Waals surface area (Å²) in [4.78, 5) is 35.2. The van der Waals surface area contributed by atoms with Crippen molar-refractivity contribution >= 4 is 46.4 Å². The number of amides is 2. The zero-order chi connectivity index (χ0) is 27.8. The quantitative estimate of drug-likeness (QED) is 0.294. The van der Waals surface area contributed by atoms with Gasteiger partial charge in [-0.15, -0.1) is 0 Å². The molecule has 0 saturated carbocycles. The van der Waals surface area contributed by atoms with Gasteiger partial charge in [0.15, 0.2) is 11.2 Å². The molecule has 0 fully saturated rings. The van der Waals surface area contributed by atoms with E-state index in [4.69, 9.17) is 32.9 Å². The Kier molecular flexibility index (Phi) is 5.79. The first-order chi connectivity index (χ1) is 18.6. The van der Waals surface area contributed by atoms with Crippen LogP contribution < -0.4 is 15.0 Å². The Morgan fingerprint density at radius 2 is 1.69 bits per heavy atom. The summed E-state index contributed by atoms with van der Waals surface area (Å²) in [6.45, 7) is 7.89. The fraction of sp³-hybridized carbons (Fsp3) is 0.233. The summed E-state index contributed by atoms with van der Waals surface area (Å²) in [5.41, 5.74) is 3.42. The molecule has 2 aliphatic heterocycles. The van der Waals surface area contributed by atoms with Gasteiger partial charge in [-0.2, -0.15) is 0 Å². The van der Waals surface area contributed by atoms with Crippen molar-refractivity contribution < 1.29 is 14.3 Å². The molecule has 0 unspecified atom stereocenters. The number of carbonyl (C=O) groups is 2. The Balaban J connectivity index is 1.75. The van der Waals surface area contributed by atoms with Crippen LogP contribution in [0.1, 0.15) is 52.8 Å². The van der Waals surface area contributed by atoms with Crippen molar-refractivity contribution in [2.24, 2.45) is 0 Å². The minimum absolute atomic E-state index is 0.157. The first-order valence-corrected chi connectivity index (χ1v) is 13.3. The van der Waals surface area contributed by atoms with Crippen molar-refractivity contribution in [3.63, 3.8) is 0 Å². The molecule has 3 heterocycles. The number of methoxy groups -OCH3 is 1. The van der Waals surface area contributed by atoms with Crippen molar-refractivity contribution in [1.82, 2.24) is 9.55 Å². The Labute approximate surface area is 236 Å². The third-order valence-corrected chi connectivity index (χ3v) is 7.94. The average Bonchev–Trinajstić information content (AvgIpc) is 3.49. The molecule has 0 radical (unpaired) electrons. The topological polar surface area (TPSA) is 76.5 Å². The lowest BCUT2D eigenvalue weighted by Crippen LogP contribution is -2.51. The van der Waals surface area contributed by atoms with Gasteiger partial charge >= 0.3 is 0 Å². The van der Waals surface area contributed by atoms with Gasteiger partial charge in [-0.3, -0.25) is 14.5 Å². The minimum Gasteiger partial charge on any atom is -0.496 e. The second-order valence-corrected chi connectivity index (χ2v) is 11.1. The van der Waals surface area contributed by atoms with Crippen molar-refractivity contribution in [2.45, 2.75) is 39.3 Å². The fourth-order valence-electron chi connectivity index (χ4n) is 5.82. The van der Waals surface area contributed by atoms with E-state index in [0.717, 1.165) is 16.7 Å². The van der Waals surface area contributed by atoms with Gasteiger partial charge in [0.2, 0.25) is 0 Å². The van der Waals surface area contributed by atoms with Crippen molar-refractivity contribution in [1.29, 1.82) is 0 Å². The number of fused-ring (bicyclic) bond motifs is 4. The van der Waals surface area contributed by atoms with Crippen LogP contribution in [0.5, 0.6) is 5.75 Å². The monoisotopic (exact) mass is 560 g/mol. The largest absolute Gasteiger partial charge is 0.496 e. The van der Waals surface area contributed by atoms with E-state index < -0.39 is 5.54 Å². The highest BCUT2D eigenvalue weighted by molar-refractivity contribution is 6.32. The maximum Gasteiger partial charge on any atom is 0.280 e. The summed E-state index contributed by atoms with van der Waals surface area (Å²) in [6, 6.07) is 16.2. The van der Waals surface area contributed by atoms with Crippen LogP contribution in [-0.2, 0) is 10.3 Å². The van der Waals surface area contributed by atoms with E-state index in [1.54, 1.807) is 37.4 Å². The lowest BCUT2D eigenvalue weighted by molar-refractivity contribution is -0.119. The zero-order valence-corrected chi connectivity index (χ0v) is 23.6. The highest BCUT2D eigenvalue weighted by atomic mass is 35.5. The third-order valence-electron chi connectivity index (χ3n) is 7.47. The van der Waals surface area contributed by atoms with Crippen LogP contribution in [0.15, 0.2) is 54.6 Å². The van der Waals surface area contributed by atoms with Gasteiger partial charge in [0.1, 0.15) is 11.6 Å². The number of benzene rings is 3. The molecular weight excluding hydrogens is 535 g/mol. The van der Waals surface area contributed by atoms with Crippen LogP contribution in [0.3, 0.4) is 0 Å². The maximum atomic E-state index is 14.5. The maximum absolute atomic E-state index is 14.5. The van der Waals surface area contributed by atoms with Crippen LogP contribution in [0, 0.1) is 13.8 Å². The molecule has 2 amide bonds. The van der Waals surface area contributed by atoms with Crippen LogP contribution in [-0.4, -0.2) is 28.5 Å². The number of imidazole rings is 1. The SMILES string of the molecule is COc1ccc(C)cc1-c1nc2c(n1C(C)C)[C@]1(C(=O)Nc3cc(Cl)ccc31)N(c1cc(Cl)ccc1C)C2=O. The molecule has 0 saturated heterocycles. The molecule has 6 rings (SSSR count). The van der Waals surface area contributed by atoms with E-state index in [1.807, 2.05) is 56.5 Å². The lowest BCUT2D eigenvalue weighted by Gasteiger charge is -2.36. The average molecular weight is 561 g/mol. The number of hydrogen-bond donors (Lipinski definition) is 1. The molecule has 39 heavy (non-hydrogen) atoms. The van der Waals surface area contributed by atoms with E-state index in [1.165, 1.54) is 4.90 Å². The Morgan fingerprint density at radius 3 is 2.41 bits per heavy atom. The number of anilines is 2. The number of aryl methyl sites for hydroxylation is 2. The third kappa shape index (κ3) is 3.46. The first kappa shape index (κ1) is 25.5. The van der Waals surface area contributed by atoms with Crippen molar-refractivity contribution in [3.05, 3.63) is 92.7 Å². The standard InChI is InChI=1S/C30H26Cl2N4O3/c1-15(2)35-26-25(34-27(35)20-12-16(3)6-11-24(20)39-5)28(37)36(23-14-19(32)8-7-17(23)4)30(26)21-10-9-18(31)13-22(21)33-29(30)38/h6-15H,1-5H3,(H,33,38)/t30-/m1/s1. The molecule has 1 N–H and O–H groups in total. The Hall–Kier alpha value is -3.81. The zero-order valence-electron chi connectivity index (χ0n) is 22.1. The van der Waals surface area contributed by atoms with E-state index >= 15 is 0 Å². The molecule has 4 aromatic rings. The number of nitrogens with zero attached hydrogens (tertiary/aromatic N) is 3. The summed E-state index contributed by atoms with van der Waals surface area (Å²) in [6.07, 6.45) is 0. The number of carbonyl (C=O) groups excluding carboxylic acids is 2. The number of aromatic nitrogens is 2. The van der Waals surface area contributed by atoms with Gasteiger partial charge in [-0.25, -0.2) is 4.98 Å². The lowest BCUT2D eigenvalue weighted by atomic mass is 9.86. The number of nitrogens with one attached hydrogen (secondary N) is 1. The Morgan fingerprint density at radius 1 is 0.974 bits per heavy atom. The molecule has 9 heteroatoms. The van der Waals surface area contributed by atoms with Crippen LogP contribution in [0.25, 0.3) is 11.4 Å². The summed E-state index contributed by atoms with van der Waals surface area (Å²) < 4.78 is 7.67.